The Labute approximate surface area is 151 Å². The van der Waals surface area contributed by atoms with Crippen molar-refractivity contribution in [2.24, 2.45) is 0 Å². The molecular weight excluding hydrogens is 326 g/mol. The molecule has 0 heterocycles. The Kier molecular flexibility index (Phi) is 3.66. The van der Waals surface area contributed by atoms with Crippen LogP contribution in [-0.2, 0) is 0 Å². The van der Waals surface area contributed by atoms with Gasteiger partial charge in [-0.3, -0.25) is 0 Å². The van der Waals surface area contributed by atoms with Crippen LogP contribution in [-0.4, -0.2) is 0 Å². The molecule has 0 nitrogen and oxygen atoms in total. The number of benzene rings is 2. The molecule has 0 radical (unpaired) electrons. The average molecular weight is 346 g/mol. The van der Waals surface area contributed by atoms with Gasteiger partial charge in [-0.2, -0.15) is 0 Å². The number of fused-ring (bicyclic) bond motifs is 2. The van der Waals surface area contributed by atoms with Crippen LogP contribution in [0.3, 0.4) is 0 Å². The van der Waals surface area contributed by atoms with E-state index in [0.29, 0.717) is 0 Å². The molecule has 0 spiro atoms. The maximum atomic E-state index is 15.4. The fourth-order valence-electron chi connectivity index (χ4n) is 4.62. The first kappa shape index (κ1) is 15.7. The van der Waals surface area contributed by atoms with Crippen molar-refractivity contribution in [3.05, 3.63) is 86.1 Å². The first-order chi connectivity index (χ1) is 12.7. The van der Waals surface area contributed by atoms with Crippen molar-refractivity contribution >= 4 is 17.2 Å². The molecule has 5 rings (SSSR count). The molecule has 0 unspecified atom stereocenters. The normalized spacial score (nSPS) is 17.8. The Morgan fingerprint density at radius 2 is 1.73 bits per heavy atom. The molecule has 130 valence electrons. The third-order valence-electron chi connectivity index (χ3n) is 5.83. The van der Waals surface area contributed by atoms with E-state index < -0.39 is 0 Å². The van der Waals surface area contributed by atoms with Crippen LogP contribution >= 0.6 is 0 Å². The van der Waals surface area contributed by atoms with E-state index in [1.54, 1.807) is 12.1 Å². The van der Waals surface area contributed by atoms with Gasteiger partial charge in [0, 0.05) is 5.22 Å². The quantitative estimate of drug-likeness (QED) is 0.591. The first-order valence-corrected chi connectivity index (χ1v) is 9.44. The Morgan fingerprint density at radius 3 is 2.50 bits per heavy atom. The number of hydrogen-bond acceptors (Lipinski definition) is 0. The first-order valence-electron chi connectivity index (χ1n) is 9.44. The van der Waals surface area contributed by atoms with Gasteiger partial charge in [0.1, 0.15) is 11.6 Å². The molecule has 0 bridgehead atoms. The Hall–Kier alpha value is -2.48. The molecule has 0 N–H and O–H groups in total. The van der Waals surface area contributed by atoms with Crippen LogP contribution in [0.1, 0.15) is 49.7 Å². The van der Waals surface area contributed by atoms with Gasteiger partial charge in [-0.25, -0.2) is 8.78 Å². The van der Waals surface area contributed by atoms with Crippen LogP contribution in [0, 0.1) is 22.1 Å². The molecule has 1 fully saturated rings. The minimum absolute atomic E-state index is 0.158. The SMILES string of the molecule is Fc1ccc2c(c1)=c1cc(F)c(=C3CCCCC3)c(C3=CC=CC3)c1C=2. The van der Waals surface area contributed by atoms with Gasteiger partial charge in [-0.05, 0) is 88.7 Å². The minimum Gasteiger partial charge on any atom is -0.207 e. The minimum atomic E-state index is -0.278. The molecule has 26 heavy (non-hydrogen) atoms. The van der Waals surface area contributed by atoms with Gasteiger partial charge in [-0.1, -0.05) is 36.3 Å². The number of hydrogen-bond donors (Lipinski definition) is 0. The summed E-state index contributed by atoms with van der Waals surface area (Å²) in [6, 6.07) is 6.42. The van der Waals surface area contributed by atoms with Crippen LogP contribution in [0.25, 0.3) is 17.2 Å². The highest BCUT2D eigenvalue weighted by Gasteiger charge is 2.20. The van der Waals surface area contributed by atoms with Gasteiger partial charge in [0.2, 0.25) is 0 Å². The van der Waals surface area contributed by atoms with Crippen molar-refractivity contribution < 1.29 is 8.78 Å². The van der Waals surface area contributed by atoms with Gasteiger partial charge in [0.25, 0.3) is 0 Å². The molecule has 3 aliphatic carbocycles. The molecule has 1 saturated carbocycles. The van der Waals surface area contributed by atoms with E-state index in [9.17, 15) is 4.39 Å². The molecule has 0 aliphatic heterocycles. The standard InChI is InChI=1S/C24H20F2/c25-18-11-10-17-12-21-20(19(17)13-18)14-22(26)24(16-6-2-1-3-7-16)23(21)15-8-4-5-9-15/h4-5,8,10-14H,1-3,6-7,9H2. The van der Waals surface area contributed by atoms with Gasteiger partial charge >= 0.3 is 0 Å². The lowest BCUT2D eigenvalue weighted by atomic mass is 9.87. The Bertz CT molecular complexity index is 1190. The van der Waals surface area contributed by atoms with Crippen molar-refractivity contribution in [2.75, 3.05) is 0 Å². The predicted molar refractivity (Wildman–Crippen MR) is 102 cm³/mol. The van der Waals surface area contributed by atoms with Crippen LogP contribution < -0.4 is 10.4 Å². The molecule has 2 aromatic rings. The number of halogens is 2. The number of allylic oxidation sites excluding steroid dienone is 4. The Balaban J connectivity index is 1.94. The van der Waals surface area contributed by atoms with E-state index in [1.807, 2.05) is 6.08 Å². The summed E-state index contributed by atoms with van der Waals surface area (Å²) in [5.74, 6) is -0.437. The van der Waals surface area contributed by atoms with Gasteiger partial charge in [0.05, 0.1) is 0 Å². The van der Waals surface area contributed by atoms with Gasteiger partial charge < -0.3 is 0 Å². The molecule has 0 atom stereocenters. The van der Waals surface area contributed by atoms with Crippen LogP contribution in [0.15, 0.2) is 42.5 Å². The topological polar surface area (TPSA) is 0 Å². The molecule has 2 heteroatoms. The highest BCUT2D eigenvalue weighted by molar-refractivity contribution is 5.80. The zero-order chi connectivity index (χ0) is 17.7. The van der Waals surface area contributed by atoms with Crippen LogP contribution in [0.2, 0.25) is 0 Å². The summed E-state index contributed by atoms with van der Waals surface area (Å²) in [6.07, 6.45) is 14.6. The van der Waals surface area contributed by atoms with E-state index >= 15 is 4.39 Å². The summed E-state index contributed by atoms with van der Waals surface area (Å²) in [5.41, 5.74) is 4.49. The fourth-order valence-corrected chi connectivity index (χ4v) is 4.62. The second kappa shape index (κ2) is 6.05. The van der Waals surface area contributed by atoms with Crippen molar-refractivity contribution in [3.63, 3.8) is 0 Å². The van der Waals surface area contributed by atoms with Crippen LogP contribution in [0.4, 0.5) is 8.78 Å². The zero-order valence-electron chi connectivity index (χ0n) is 14.6. The smallest absolute Gasteiger partial charge is 0.131 e. The third-order valence-corrected chi connectivity index (χ3v) is 5.83. The molecule has 2 aromatic carbocycles. The van der Waals surface area contributed by atoms with Crippen LogP contribution in [0.5, 0.6) is 0 Å². The van der Waals surface area contributed by atoms with E-state index in [0.717, 1.165) is 64.1 Å². The fraction of sp³-hybridized carbons (Fsp3) is 0.250. The molecule has 0 saturated heterocycles. The van der Waals surface area contributed by atoms with Crippen molar-refractivity contribution in [3.8, 4) is 0 Å². The third kappa shape index (κ3) is 2.39. The average Bonchev–Trinajstić information content (AvgIpc) is 3.29. The maximum Gasteiger partial charge on any atom is 0.131 e. The lowest BCUT2D eigenvalue weighted by Crippen LogP contribution is -2.21. The summed E-state index contributed by atoms with van der Waals surface area (Å²) in [6.45, 7) is 0. The molecule has 0 aromatic heterocycles. The summed E-state index contributed by atoms with van der Waals surface area (Å²) in [4.78, 5) is 0. The highest BCUT2D eigenvalue weighted by atomic mass is 19.1. The molecular formula is C24H20F2. The van der Waals surface area contributed by atoms with Crippen molar-refractivity contribution in [1.29, 1.82) is 0 Å². The van der Waals surface area contributed by atoms with E-state index in [-0.39, 0.29) is 11.6 Å². The summed E-state index contributed by atoms with van der Waals surface area (Å²) in [7, 11) is 0. The summed E-state index contributed by atoms with van der Waals surface area (Å²) >= 11 is 0. The van der Waals surface area contributed by atoms with Gasteiger partial charge in [0.15, 0.2) is 0 Å². The molecule has 0 amide bonds. The van der Waals surface area contributed by atoms with Crippen molar-refractivity contribution in [2.45, 2.75) is 38.5 Å². The monoisotopic (exact) mass is 346 g/mol. The maximum absolute atomic E-state index is 15.4. The predicted octanol–water partition coefficient (Wildman–Crippen LogP) is 4.85. The summed E-state index contributed by atoms with van der Waals surface area (Å²) < 4.78 is 29.2. The molecule has 3 aliphatic rings. The summed E-state index contributed by atoms with van der Waals surface area (Å²) in [5, 5.41) is 3.40. The van der Waals surface area contributed by atoms with E-state index in [2.05, 4.69) is 18.2 Å². The Morgan fingerprint density at radius 1 is 0.885 bits per heavy atom. The van der Waals surface area contributed by atoms with E-state index in [4.69, 9.17) is 0 Å². The largest absolute Gasteiger partial charge is 0.207 e. The second-order valence-corrected chi connectivity index (χ2v) is 7.43. The number of rotatable bonds is 1. The zero-order valence-corrected chi connectivity index (χ0v) is 14.6. The lowest BCUT2D eigenvalue weighted by Gasteiger charge is -2.18. The highest BCUT2D eigenvalue weighted by Crippen LogP contribution is 2.30. The second-order valence-electron chi connectivity index (χ2n) is 7.43. The lowest BCUT2D eigenvalue weighted by molar-refractivity contribution is 0.603. The van der Waals surface area contributed by atoms with E-state index in [1.165, 1.54) is 29.7 Å². The van der Waals surface area contributed by atoms with Gasteiger partial charge in [-0.15, -0.1) is 0 Å². The van der Waals surface area contributed by atoms with Crippen molar-refractivity contribution in [1.82, 2.24) is 0 Å².